The predicted molar refractivity (Wildman–Crippen MR) is 272 cm³/mol. The van der Waals surface area contributed by atoms with Crippen LogP contribution in [0.2, 0.25) is 0 Å². The molecule has 0 N–H and O–H groups in total. The van der Waals surface area contributed by atoms with E-state index < -0.39 is 8.07 Å². The van der Waals surface area contributed by atoms with Gasteiger partial charge in [-0.1, -0.05) is 181 Å². The number of furan rings is 1. The van der Waals surface area contributed by atoms with E-state index in [0.29, 0.717) is 0 Å². The van der Waals surface area contributed by atoms with E-state index in [1.54, 1.807) is 5.20 Å². The normalized spacial score (nSPS) is 13.8. The Hall–Kier alpha value is -7.92. The highest BCUT2D eigenvalue weighted by atomic mass is 28.3. The Balaban J connectivity index is 1.16. The molecule has 0 radical (unpaired) electrons. The Labute approximate surface area is 368 Å². The molecule has 5 heterocycles. The number of fused-ring (bicyclic) bond motifs is 16. The van der Waals surface area contributed by atoms with E-state index in [9.17, 15) is 0 Å². The molecule has 4 heteroatoms. The maximum atomic E-state index is 6.54. The van der Waals surface area contributed by atoms with Gasteiger partial charge in [0.15, 0.2) is 8.07 Å². The molecule has 1 aliphatic rings. The monoisotopic (exact) mass is 830 g/mol. The van der Waals surface area contributed by atoms with Crippen molar-refractivity contribution in [2.45, 2.75) is 12.8 Å². The molecule has 14 aromatic rings. The number of benzene rings is 9. The quantitative estimate of drug-likeness (QED) is 0.125. The van der Waals surface area contributed by atoms with Crippen molar-refractivity contribution in [1.29, 1.82) is 0 Å². The van der Waals surface area contributed by atoms with E-state index in [1.807, 2.05) is 0 Å². The molecule has 0 atom stereocenters. The summed E-state index contributed by atoms with van der Waals surface area (Å²) in [5.41, 5.74) is 11.9. The number of para-hydroxylation sites is 4. The number of nitrogens with zero attached hydrogens (tertiary/aromatic N) is 2. The molecule has 15 rings (SSSR count). The minimum absolute atomic E-state index is 0.921. The fourth-order valence-electron chi connectivity index (χ4n) is 12.4. The van der Waals surface area contributed by atoms with E-state index in [-0.39, 0.29) is 0 Å². The van der Waals surface area contributed by atoms with Crippen molar-refractivity contribution in [3.05, 3.63) is 211 Å². The molecule has 0 aliphatic heterocycles. The second-order valence-corrected chi connectivity index (χ2v) is 21.7. The van der Waals surface area contributed by atoms with Crippen molar-refractivity contribution in [1.82, 2.24) is 8.80 Å². The Morgan fingerprint density at radius 3 is 1.83 bits per heavy atom. The van der Waals surface area contributed by atoms with Crippen molar-refractivity contribution in [2.24, 2.45) is 0 Å². The number of aromatic nitrogens is 2. The Morgan fingerprint density at radius 1 is 0.406 bits per heavy atom. The Morgan fingerprint density at radius 2 is 1.05 bits per heavy atom. The topological polar surface area (TPSA) is 22.0 Å². The second kappa shape index (κ2) is 12.6. The molecule has 0 saturated carbocycles. The average Bonchev–Trinajstić information content (AvgIpc) is 4.16. The first-order valence-corrected chi connectivity index (χ1v) is 24.5. The van der Waals surface area contributed by atoms with Gasteiger partial charge < -0.3 is 13.2 Å². The van der Waals surface area contributed by atoms with E-state index in [4.69, 9.17) is 4.42 Å². The molecule has 0 amide bonds. The maximum Gasteiger partial charge on any atom is 0.175 e. The highest BCUT2D eigenvalue weighted by molar-refractivity contribution is 7.16. The van der Waals surface area contributed by atoms with Gasteiger partial charge in [-0.3, -0.25) is 0 Å². The highest BCUT2D eigenvalue weighted by Crippen LogP contribution is 2.51. The minimum Gasteiger partial charge on any atom is -0.456 e. The van der Waals surface area contributed by atoms with Crippen LogP contribution in [0.4, 0.5) is 0 Å². The number of allylic oxidation sites excluding steroid dienone is 4. The van der Waals surface area contributed by atoms with Gasteiger partial charge in [0.1, 0.15) is 11.2 Å². The van der Waals surface area contributed by atoms with Crippen molar-refractivity contribution in [3.63, 3.8) is 0 Å². The lowest BCUT2D eigenvalue weighted by Crippen LogP contribution is -2.68. The third-order valence-electron chi connectivity index (χ3n) is 14.8. The summed E-state index contributed by atoms with van der Waals surface area (Å²) >= 11 is 0. The first kappa shape index (κ1) is 34.6. The Kier molecular flexibility index (Phi) is 6.82. The molecule has 0 fully saturated rings. The fourth-order valence-corrected chi connectivity index (χ4v) is 17.5. The first-order chi connectivity index (χ1) is 31.8. The summed E-state index contributed by atoms with van der Waals surface area (Å²) in [6.45, 7) is 0. The molecule has 64 heavy (non-hydrogen) atoms. The lowest BCUT2D eigenvalue weighted by atomic mass is 9.95. The van der Waals surface area contributed by atoms with Crippen molar-refractivity contribution < 1.29 is 4.42 Å². The molecule has 0 unspecified atom stereocenters. The van der Waals surface area contributed by atoms with Gasteiger partial charge in [-0.05, 0) is 64.3 Å². The molecule has 0 bridgehead atoms. The molecule has 5 aromatic heterocycles. The van der Waals surface area contributed by atoms with Crippen molar-refractivity contribution in [2.75, 3.05) is 0 Å². The molecule has 9 aromatic carbocycles. The summed E-state index contributed by atoms with van der Waals surface area (Å²) in [5, 5.41) is 18.3. The van der Waals surface area contributed by atoms with Crippen LogP contribution in [-0.4, -0.2) is 16.9 Å². The third-order valence-corrected chi connectivity index (χ3v) is 19.7. The van der Waals surface area contributed by atoms with Gasteiger partial charge in [0.25, 0.3) is 0 Å². The first-order valence-electron chi connectivity index (χ1n) is 22.5. The van der Waals surface area contributed by atoms with Crippen molar-refractivity contribution >= 4 is 122 Å². The van der Waals surface area contributed by atoms with Gasteiger partial charge in [0.2, 0.25) is 0 Å². The third kappa shape index (κ3) is 4.26. The van der Waals surface area contributed by atoms with Crippen LogP contribution in [-0.2, 0) is 0 Å². The van der Waals surface area contributed by atoms with Gasteiger partial charge in [-0.2, -0.15) is 0 Å². The summed E-state index contributed by atoms with van der Waals surface area (Å²) in [6, 6.07) is 70.9. The highest BCUT2D eigenvalue weighted by Gasteiger charge is 2.43. The number of rotatable bonds is 5. The standard InChI is InChI=1S/C60H38N2OSi/c1-4-18-38(19-5-1)64(39-20-6-2-7-21-39,40-22-8-3-9-23-40)41-24-14-17-37(35-41)54-56-47-30-15-27-43-42-25-10-12-31-49(42)61(58(43)47)51(56)36-48-44-28-16-29-46-55-50(62(59(44)46)60(48)54)33-34-53-57(55)45-26-11-13-32-52(45)63-53/h1-8,10-22,24-36H,9,23H2. The van der Waals surface area contributed by atoms with Gasteiger partial charge in [0, 0.05) is 59.4 Å². The van der Waals surface area contributed by atoms with E-state index >= 15 is 0 Å². The molecule has 0 spiro atoms. The van der Waals surface area contributed by atoms with E-state index in [2.05, 4.69) is 215 Å². The zero-order valence-corrected chi connectivity index (χ0v) is 35.8. The van der Waals surface area contributed by atoms with Crippen LogP contribution in [0, 0.1) is 0 Å². The largest absolute Gasteiger partial charge is 0.456 e. The van der Waals surface area contributed by atoms with Crippen LogP contribution in [0.5, 0.6) is 0 Å². The lowest BCUT2D eigenvalue weighted by Gasteiger charge is -2.37. The molecular formula is C60H38N2OSi. The average molecular weight is 831 g/mol. The molecule has 1 aliphatic carbocycles. The predicted octanol–water partition coefficient (Wildman–Crippen LogP) is 13.8. The second-order valence-electron chi connectivity index (χ2n) is 17.8. The van der Waals surface area contributed by atoms with Gasteiger partial charge >= 0.3 is 0 Å². The SMILES string of the molecule is C1=CCCC([Si](c2ccccc2)(c2ccccc2)c2cccc(-c3c4c5cccc6c7ccccc7n(c4cc4c7cccc8c9c%10c(ccc9n(c34)c78)oc3ccccc3%10)c65)c2)=C1. The summed E-state index contributed by atoms with van der Waals surface area (Å²) < 4.78 is 11.7. The summed E-state index contributed by atoms with van der Waals surface area (Å²) in [5.74, 6) is 0. The minimum atomic E-state index is -2.78. The summed E-state index contributed by atoms with van der Waals surface area (Å²) in [4.78, 5) is 0. The zero-order valence-electron chi connectivity index (χ0n) is 34.8. The lowest BCUT2D eigenvalue weighted by molar-refractivity contribution is 0.669. The van der Waals surface area contributed by atoms with Crippen LogP contribution in [0.1, 0.15) is 12.8 Å². The van der Waals surface area contributed by atoms with E-state index in [0.717, 1.165) is 29.4 Å². The van der Waals surface area contributed by atoms with Crippen LogP contribution in [0.15, 0.2) is 216 Å². The molecule has 3 nitrogen and oxygen atoms in total. The van der Waals surface area contributed by atoms with Crippen LogP contribution in [0.25, 0.3) is 109 Å². The van der Waals surface area contributed by atoms with Crippen LogP contribution in [0.3, 0.4) is 0 Å². The smallest absolute Gasteiger partial charge is 0.175 e. The summed E-state index contributed by atoms with van der Waals surface area (Å²) in [6.07, 6.45) is 9.15. The fraction of sp³-hybridized carbons (Fsp3) is 0.0333. The Bertz CT molecular complexity index is 4260. The molecular weight excluding hydrogens is 793 g/mol. The van der Waals surface area contributed by atoms with Crippen LogP contribution < -0.4 is 15.6 Å². The maximum absolute atomic E-state index is 6.54. The number of hydrogen-bond donors (Lipinski definition) is 0. The van der Waals surface area contributed by atoms with Gasteiger partial charge in [-0.15, -0.1) is 0 Å². The summed E-state index contributed by atoms with van der Waals surface area (Å²) in [7, 11) is -2.78. The van der Waals surface area contributed by atoms with Gasteiger partial charge in [-0.25, -0.2) is 0 Å². The zero-order chi connectivity index (χ0) is 41.7. The number of hydrogen-bond acceptors (Lipinski definition) is 1. The molecule has 0 saturated heterocycles. The van der Waals surface area contributed by atoms with Gasteiger partial charge in [0.05, 0.1) is 33.1 Å². The van der Waals surface area contributed by atoms with Crippen LogP contribution >= 0.6 is 0 Å². The molecule has 298 valence electrons. The van der Waals surface area contributed by atoms with E-state index in [1.165, 1.54) is 108 Å². The van der Waals surface area contributed by atoms with Crippen molar-refractivity contribution in [3.8, 4) is 11.1 Å².